The Bertz CT molecular complexity index is 328. The molecule has 0 atom stereocenters. The van der Waals surface area contributed by atoms with Crippen molar-refractivity contribution in [2.45, 2.75) is 39.5 Å². The van der Waals surface area contributed by atoms with E-state index in [-0.39, 0.29) is 0 Å². The second-order valence-corrected chi connectivity index (χ2v) is 4.00. The second kappa shape index (κ2) is 7.35. The fraction of sp³-hybridized carbons (Fsp3) is 0.692. The van der Waals surface area contributed by atoms with Crippen LogP contribution < -0.4 is 5.73 Å². The molecule has 2 N–H and O–H groups in total. The van der Waals surface area contributed by atoms with Crippen LogP contribution in [0.25, 0.3) is 0 Å². The minimum atomic E-state index is 0.654. The highest BCUT2D eigenvalue weighted by Gasteiger charge is 2.11. The molecule has 0 saturated heterocycles. The molecule has 4 heteroatoms. The highest BCUT2D eigenvalue weighted by atomic mass is 16.5. The molecule has 0 spiro atoms. The van der Waals surface area contributed by atoms with Crippen LogP contribution in [-0.2, 0) is 30.4 Å². The van der Waals surface area contributed by atoms with Gasteiger partial charge in [-0.3, -0.25) is 0 Å². The number of methoxy groups -OCH3 is 1. The van der Waals surface area contributed by atoms with E-state index in [1.54, 1.807) is 7.11 Å². The average Bonchev–Trinajstić information content (AvgIpc) is 2.37. The average molecular weight is 237 g/mol. The zero-order chi connectivity index (χ0) is 12.7. The zero-order valence-electron chi connectivity index (χ0n) is 11.1. The lowest BCUT2D eigenvalue weighted by atomic mass is 10.0. The Morgan fingerprint density at radius 2 is 1.65 bits per heavy atom. The summed E-state index contributed by atoms with van der Waals surface area (Å²) in [6.07, 6.45) is 3.52. The molecule has 0 unspecified atom stereocenters. The summed E-state index contributed by atoms with van der Waals surface area (Å²) in [7, 11) is 1.70. The summed E-state index contributed by atoms with van der Waals surface area (Å²) in [5.41, 5.74) is 9.19. The van der Waals surface area contributed by atoms with Crippen molar-refractivity contribution in [1.82, 2.24) is 9.97 Å². The van der Waals surface area contributed by atoms with Crippen molar-refractivity contribution < 1.29 is 4.74 Å². The van der Waals surface area contributed by atoms with Crippen LogP contribution in [0.3, 0.4) is 0 Å². The zero-order valence-corrected chi connectivity index (χ0v) is 11.1. The van der Waals surface area contributed by atoms with E-state index in [9.17, 15) is 0 Å². The van der Waals surface area contributed by atoms with Crippen LogP contribution in [0.2, 0.25) is 0 Å². The van der Waals surface area contributed by atoms with E-state index in [2.05, 4.69) is 23.8 Å². The predicted molar refractivity (Wildman–Crippen MR) is 69.1 cm³/mol. The van der Waals surface area contributed by atoms with Gasteiger partial charge in [-0.25, -0.2) is 9.97 Å². The van der Waals surface area contributed by atoms with Crippen LogP contribution in [0, 0.1) is 0 Å². The molecule has 0 saturated carbocycles. The van der Waals surface area contributed by atoms with Crippen molar-refractivity contribution >= 4 is 0 Å². The molecule has 1 aromatic heterocycles. The van der Waals surface area contributed by atoms with E-state index in [1.807, 2.05) is 0 Å². The molecule has 0 aliphatic heterocycles. The summed E-state index contributed by atoms with van der Waals surface area (Å²) in [5.74, 6) is 0.890. The Hall–Kier alpha value is -1.00. The lowest BCUT2D eigenvalue weighted by Crippen LogP contribution is -2.14. The predicted octanol–water partition coefficient (Wildman–Crippen LogP) is 1.29. The second-order valence-electron chi connectivity index (χ2n) is 4.00. The third-order valence-corrected chi connectivity index (χ3v) is 2.82. The third-order valence-electron chi connectivity index (χ3n) is 2.82. The summed E-state index contributed by atoms with van der Waals surface area (Å²) >= 11 is 0. The quantitative estimate of drug-likeness (QED) is 0.776. The maximum atomic E-state index is 5.65. The van der Waals surface area contributed by atoms with Crippen LogP contribution in [0.4, 0.5) is 0 Å². The maximum absolute atomic E-state index is 5.65. The minimum absolute atomic E-state index is 0.654. The Morgan fingerprint density at radius 3 is 2.06 bits per heavy atom. The molecule has 1 aromatic rings. The van der Waals surface area contributed by atoms with Crippen LogP contribution in [0.5, 0.6) is 0 Å². The van der Waals surface area contributed by atoms with Gasteiger partial charge in [0.25, 0.3) is 0 Å². The largest absolute Gasteiger partial charge is 0.384 e. The first-order valence-electron chi connectivity index (χ1n) is 6.33. The van der Waals surface area contributed by atoms with Gasteiger partial charge >= 0.3 is 0 Å². The van der Waals surface area contributed by atoms with E-state index in [0.29, 0.717) is 13.2 Å². The smallest absolute Gasteiger partial charge is 0.131 e. The topological polar surface area (TPSA) is 61.0 Å². The van der Waals surface area contributed by atoms with Gasteiger partial charge in [0.15, 0.2) is 0 Å². The van der Waals surface area contributed by atoms with E-state index < -0.39 is 0 Å². The fourth-order valence-electron chi connectivity index (χ4n) is 1.96. The first-order valence-corrected chi connectivity index (χ1v) is 6.33. The van der Waals surface area contributed by atoms with Gasteiger partial charge in [0, 0.05) is 24.9 Å². The number of nitrogens with zero attached hydrogens (tertiary/aromatic N) is 2. The van der Waals surface area contributed by atoms with Gasteiger partial charge in [-0.15, -0.1) is 0 Å². The van der Waals surface area contributed by atoms with Crippen molar-refractivity contribution in [3.05, 3.63) is 22.8 Å². The molecule has 1 rings (SSSR count). The van der Waals surface area contributed by atoms with Gasteiger partial charge in [0.2, 0.25) is 0 Å². The fourth-order valence-corrected chi connectivity index (χ4v) is 1.96. The number of hydrogen-bond donors (Lipinski definition) is 1. The molecule has 0 radical (unpaired) electrons. The number of ether oxygens (including phenoxy) is 1. The van der Waals surface area contributed by atoms with Crippen molar-refractivity contribution in [1.29, 1.82) is 0 Å². The third kappa shape index (κ3) is 3.75. The van der Waals surface area contributed by atoms with Crippen molar-refractivity contribution in [2.75, 3.05) is 20.3 Å². The summed E-state index contributed by atoms with van der Waals surface area (Å²) in [6.45, 7) is 5.58. The first-order chi connectivity index (χ1) is 8.26. The van der Waals surface area contributed by atoms with Gasteiger partial charge in [0.1, 0.15) is 5.82 Å². The maximum Gasteiger partial charge on any atom is 0.131 e. The van der Waals surface area contributed by atoms with Gasteiger partial charge in [0.05, 0.1) is 6.61 Å². The number of nitrogens with two attached hydrogens (primary N) is 1. The lowest BCUT2D eigenvalue weighted by molar-refractivity contribution is 0.200. The summed E-state index contributed by atoms with van der Waals surface area (Å²) in [4.78, 5) is 9.22. The van der Waals surface area contributed by atoms with Crippen LogP contribution in [0.1, 0.15) is 36.6 Å². The van der Waals surface area contributed by atoms with E-state index in [1.165, 1.54) is 5.56 Å². The van der Waals surface area contributed by atoms with E-state index >= 15 is 0 Å². The monoisotopic (exact) mass is 237 g/mol. The number of rotatable bonds is 7. The summed E-state index contributed by atoms with van der Waals surface area (Å²) in [6, 6.07) is 0. The number of aromatic nitrogens is 2. The highest BCUT2D eigenvalue weighted by molar-refractivity contribution is 5.27. The molecule has 0 aliphatic carbocycles. The van der Waals surface area contributed by atoms with Gasteiger partial charge in [-0.1, -0.05) is 13.8 Å². The normalized spacial score (nSPS) is 10.8. The van der Waals surface area contributed by atoms with Crippen molar-refractivity contribution in [2.24, 2.45) is 5.73 Å². The Kier molecular flexibility index (Phi) is 6.08. The summed E-state index contributed by atoms with van der Waals surface area (Å²) in [5, 5.41) is 0. The van der Waals surface area contributed by atoms with E-state index in [0.717, 1.165) is 42.9 Å². The molecule has 96 valence electrons. The standard InChI is InChI=1S/C13H23N3O/c1-4-11-10(6-8-14)12(5-2)16-13(15-11)7-9-17-3/h4-9,14H2,1-3H3. The molecule has 0 bridgehead atoms. The Labute approximate surface area is 104 Å². The van der Waals surface area contributed by atoms with Crippen molar-refractivity contribution in [3.63, 3.8) is 0 Å². The molecule has 0 aromatic carbocycles. The van der Waals surface area contributed by atoms with Gasteiger partial charge in [-0.2, -0.15) is 0 Å². The Morgan fingerprint density at radius 1 is 1.06 bits per heavy atom. The van der Waals surface area contributed by atoms with Crippen LogP contribution in [-0.4, -0.2) is 30.2 Å². The molecule has 0 amide bonds. The number of hydrogen-bond acceptors (Lipinski definition) is 4. The van der Waals surface area contributed by atoms with Crippen LogP contribution in [0.15, 0.2) is 0 Å². The summed E-state index contributed by atoms with van der Waals surface area (Å²) < 4.78 is 5.07. The Balaban J connectivity index is 3.05. The number of aryl methyl sites for hydroxylation is 2. The molecular weight excluding hydrogens is 214 g/mol. The van der Waals surface area contributed by atoms with Crippen LogP contribution >= 0.6 is 0 Å². The molecule has 0 aliphatic rings. The lowest BCUT2D eigenvalue weighted by Gasteiger charge is -2.13. The molecule has 17 heavy (non-hydrogen) atoms. The first kappa shape index (κ1) is 14.1. The SMILES string of the molecule is CCc1nc(CCOC)nc(CC)c1CCN. The van der Waals surface area contributed by atoms with Crippen molar-refractivity contribution in [3.8, 4) is 0 Å². The molecule has 4 nitrogen and oxygen atoms in total. The van der Waals surface area contributed by atoms with E-state index in [4.69, 9.17) is 10.5 Å². The molecule has 0 fully saturated rings. The highest BCUT2D eigenvalue weighted by Crippen LogP contribution is 2.14. The van der Waals surface area contributed by atoms with Gasteiger partial charge < -0.3 is 10.5 Å². The minimum Gasteiger partial charge on any atom is -0.384 e. The molecular formula is C13H23N3O. The van der Waals surface area contributed by atoms with Gasteiger partial charge in [-0.05, 0) is 31.4 Å². The molecule has 1 heterocycles.